The van der Waals surface area contributed by atoms with Crippen molar-refractivity contribution < 1.29 is 32.3 Å². The van der Waals surface area contributed by atoms with E-state index in [4.69, 9.17) is 4.74 Å². The van der Waals surface area contributed by atoms with E-state index in [1.807, 2.05) is 0 Å². The van der Waals surface area contributed by atoms with E-state index in [-0.39, 0.29) is 11.5 Å². The van der Waals surface area contributed by atoms with Crippen molar-refractivity contribution in [2.45, 2.75) is 26.9 Å². The minimum Gasteiger partial charge on any atom is -0.454 e. The van der Waals surface area contributed by atoms with E-state index in [2.05, 4.69) is 4.98 Å². The summed E-state index contributed by atoms with van der Waals surface area (Å²) in [6.07, 6.45) is -2.13. The number of aromatic nitrogens is 1. The van der Waals surface area contributed by atoms with E-state index in [0.29, 0.717) is 22.4 Å². The Morgan fingerprint density at radius 3 is 2.21 bits per heavy atom. The van der Waals surface area contributed by atoms with Crippen LogP contribution in [0.1, 0.15) is 50.2 Å². The lowest BCUT2D eigenvalue weighted by molar-refractivity contribution is -0.138. The molecule has 0 unspecified atom stereocenters. The van der Waals surface area contributed by atoms with Crippen LogP contribution in [0.4, 0.5) is 13.2 Å². The molecule has 2 aromatic rings. The van der Waals surface area contributed by atoms with Crippen LogP contribution in [0.3, 0.4) is 0 Å². The van der Waals surface area contributed by atoms with Crippen LogP contribution < -0.4 is 0 Å². The predicted molar refractivity (Wildman–Crippen MR) is 96.0 cm³/mol. The van der Waals surface area contributed by atoms with Crippen LogP contribution in [0, 0.1) is 13.8 Å². The fraction of sp³-hybridized carbons (Fsp3) is 0.250. The molecule has 0 radical (unpaired) electrons. The lowest BCUT2D eigenvalue weighted by atomic mass is 10.1. The second-order valence-electron chi connectivity index (χ2n) is 6.17. The number of carbonyl (C=O) groups excluding carboxylic acids is 3. The van der Waals surface area contributed by atoms with Gasteiger partial charge in [-0.3, -0.25) is 9.59 Å². The Morgan fingerprint density at radius 1 is 1.11 bits per heavy atom. The third-order valence-electron chi connectivity index (χ3n) is 4.06. The van der Waals surface area contributed by atoms with Gasteiger partial charge in [0.25, 0.3) is 0 Å². The van der Waals surface area contributed by atoms with Crippen LogP contribution >= 0.6 is 0 Å². The van der Waals surface area contributed by atoms with Gasteiger partial charge in [-0.05, 0) is 50.1 Å². The van der Waals surface area contributed by atoms with Gasteiger partial charge in [0.1, 0.15) is 0 Å². The van der Waals surface area contributed by atoms with Crippen molar-refractivity contribution in [1.82, 2.24) is 4.98 Å². The lowest BCUT2D eigenvalue weighted by Crippen LogP contribution is -2.14. The first-order chi connectivity index (χ1) is 13.0. The molecule has 0 bridgehead atoms. The molecule has 2 rings (SSSR count). The Labute approximate surface area is 159 Å². The highest BCUT2D eigenvalue weighted by atomic mass is 19.4. The van der Waals surface area contributed by atoms with Crippen LogP contribution in [0.2, 0.25) is 0 Å². The average Bonchev–Trinajstić information content (AvgIpc) is 2.92. The van der Waals surface area contributed by atoms with Gasteiger partial charge in [-0.15, -0.1) is 0 Å². The summed E-state index contributed by atoms with van der Waals surface area (Å²) in [4.78, 5) is 38.4. The molecule has 0 aliphatic carbocycles. The topological polar surface area (TPSA) is 76.2 Å². The predicted octanol–water partition coefficient (Wildman–Crippen LogP) is 4.29. The van der Waals surface area contributed by atoms with Gasteiger partial charge in [0.05, 0.1) is 11.3 Å². The highest BCUT2D eigenvalue weighted by molar-refractivity contribution is 6.04. The Hall–Kier alpha value is -3.16. The average molecular weight is 393 g/mol. The Morgan fingerprint density at radius 2 is 1.71 bits per heavy atom. The first-order valence-corrected chi connectivity index (χ1v) is 8.26. The maximum Gasteiger partial charge on any atom is 0.416 e. The minimum atomic E-state index is -4.43. The van der Waals surface area contributed by atoms with Crippen molar-refractivity contribution >= 4 is 23.6 Å². The van der Waals surface area contributed by atoms with Gasteiger partial charge >= 0.3 is 12.1 Å². The van der Waals surface area contributed by atoms with Gasteiger partial charge in [-0.25, -0.2) is 4.79 Å². The fourth-order valence-electron chi connectivity index (χ4n) is 2.76. The molecule has 0 amide bonds. The first-order valence-electron chi connectivity index (χ1n) is 8.26. The van der Waals surface area contributed by atoms with Crippen LogP contribution in [0.25, 0.3) is 6.08 Å². The summed E-state index contributed by atoms with van der Waals surface area (Å²) in [5.41, 5.74) is 1.25. The molecule has 148 valence electrons. The van der Waals surface area contributed by atoms with Crippen molar-refractivity contribution in [2.75, 3.05) is 6.61 Å². The zero-order valence-electron chi connectivity index (χ0n) is 15.4. The van der Waals surface area contributed by atoms with Crippen molar-refractivity contribution in [3.05, 3.63) is 64.0 Å². The number of hydrogen-bond acceptors (Lipinski definition) is 4. The third-order valence-corrected chi connectivity index (χ3v) is 4.06. The number of carbonyl (C=O) groups is 3. The van der Waals surface area contributed by atoms with E-state index < -0.39 is 30.1 Å². The maximum atomic E-state index is 12.5. The van der Waals surface area contributed by atoms with Crippen molar-refractivity contribution in [2.24, 2.45) is 0 Å². The number of alkyl halides is 3. The molecule has 28 heavy (non-hydrogen) atoms. The molecule has 0 saturated heterocycles. The number of benzene rings is 1. The summed E-state index contributed by atoms with van der Waals surface area (Å²) in [6, 6.07) is 4.23. The van der Waals surface area contributed by atoms with Crippen LogP contribution in [-0.4, -0.2) is 29.1 Å². The Kier molecular flexibility index (Phi) is 6.23. The number of halogens is 3. The maximum absolute atomic E-state index is 12.5. The second kappa shape index (κ2) is 8.24. The molecule has 0 atom stereocenters. The van der Waals surface area contributed by atoms with Gasteiger partial charge in [-0.1, -0.05) is 12.1 Å². The number of esters is 1. The van der Waals surface area contributed by atoms with Crippen molar-refractivity contribution in [1.29, 1.82) is 0 Å². The minimum absolute atomic E-state index is 0.179. The van der Waals surface area contributed by atoms with E-state index >= 15 is 0 Å². The largest absolute Gasteiger partial charge is 0.454 e. The van der Waals surface area contributed by atoms with Crippen molar-refractivity contribution in [3.63, 3.8) is 0 Å². The zero-order chi connectivity index (χ0) is 21.1. The second-order valence-corrected chi connectivity index (χ2v) is 6.17. The number of ether oxygens (including phenoxy) is 1. The summed E-state index contributed by atoms with van der Waals surface area (Å²) >= 11 is 0. The molecule has 0 spiro atoms. The number of hydrogen-bond donors (Lipinski definition) is 1. The summed E-state index contributed by atoms with van der Waals surface area (Å²) in [6.45, 7) is 4.15. The van der Waals surface area contributed by atoms with E-state index in [0.717, 1.165) is 18.2 Å². The van der Waals surface area contributed by atoms with Gasteiger partial charge in [-0.2, -0.15) is 13.2 Å². The fourth-order valence-corrected chi connectivity index (χ4v) is 2.76. The molecule has 1 N–H and O–H groups in total. The molecule has 0 fully saturated rings. The quantitative estimate of drug-likeness (QED) is 0.451. The Balaban J connectivity index is 1.97. The molecule has 1 aromatic carbocycles. The van der Waals surface area contributed by atoms with Gasteiger partial charge in [0.2, 0.25) is 5.78 Å². The van der Waals surface area contributed by atoms with Crippen molar-refractivity contribution in [3.8, 4) is 0 Å². The number of nitrogens with one attached hydrogen (secondary N) is 1. The number of Topliss-reactive ketones (excluding diaryl/α,β-unsaturated/α-hetero) is 2. The highest BCUT2D eigenvalue weighted by Gasteiger charge is 2.29. The molecular formula is C20H18F3NO4. The summed E-state index contributed by atoms with van der Waals surface area (Å²) in [5.74, 6) is -1.49. The van der Waals surface area contributed by atoms with Crippen LogP contribution in [-0.2, 0) is 15.7 Å². The molecule has 5 nitrogen and oxygen atoms in total. The number of aryl methyl sites for hydroxylation is 1. The number of aromatic amines is 1. The molecule has 1 aromatic heterocycles. The van der Waals surface area contributed by atoms with E-state index in [1.165, 1.54) is 25.1 Å². The molecule has 0 saturated carbocycles. The highest BCUT2D eigenvalue weighted by Crippen LogP contribution is 2.29. The standard InChI is InChI=1S/C20H18F3NO4/c1-11-18(13(3)25)12(2)24-19(11)16(26)10-28-17(27)9-6-14-4-7-15(8-5-14)20(21,22)23/h4-9,24H,10H2,1-3H3/b9-6+. The Bertz CT molecular complexity index is 938. The van der Waals surface area contributed by atoms with Gasteiger partial charge in [0, 0.05) is 17.3 Å². The normalized spacial score (nSPS) is 11.6. The zero-order valence-corrected chi connectivity index (χ0v) is 15.4. The first kappa shape index (κ1) is 21.1. The third kappa shape index (κ3) is 4.97. The number of ketones is 2. The van der Waals surface area contributed by atoms with E-state index in [9.17, 15) is 27.6 Å². The van der Waals surface area contributed by atoms with E-state index in [1.54, 1.807) is 13.8 Å². The number of H-pyrrole nitrogens is 1. The lowest BCUT2D eigenvalue weighted by Gasteiger charge is -2.05. The SMILES string of the molecule is CC(=O)c1c(C)[nH]c(C(=O)COC(=O)/C=C/c2ccc(C(F)(F)F)cc2)c1C. The molecule has 0 aliphatic heterocycles. The van der Waals surface area contributed by atoms with Gasteiger partial charge in [0.15, 0.2) is 12.4 Å². The summed E-state index contributed by atoms with van der Waals surface area (Å²) < 4.78 is 42.4. The monoisotopic (exact) mass is 393 g/mol. The summed E-state index contributed by atoms with van der Waals surface area (Å²) in [5, 5.41) is 0. The molecule has 8 heteroatoms. The molecular weight excluding hydrogens is 375 g/mol. The van der Waals surface area contributed by atoms with Gasteiger partial charge < -0.3 is 9.72 Å². The van der Waals surface area contributed by atoms with Crippen LogP contribution in [0.15, 0.2) is 30.3 Å². The molecule has 1 heterocycles. The molecule has 0 aliphatic rings. The smallest absolute Gasteiger partial charge is 0.416 e. The summed E-state index contributed by atoms with van der Waals surface area (Å²) in [7, 11) is 0. The number of rotatable bonds is 6. The van der Waals surface area contributed by atoms with Crippen LogP contribution in [0.5, 0.6) is 0 Å².